The summed E-state index contributed by atoms with van der Waals surface area (Å²) in [7, 11) is 0. The van der Waals surface area contributed by atoms with Gasteiger partial charge in [-0.3, -0.25) is 14.8 Å². The molecule has 2 aromatic heterocycles. The molecular weight excluding hydrogens is 330 g/mol. The minimum Gasteiger partial charge on any atom is -0.379 e. The third-order valence-corrected chi connectivity index (χ3v) is 5.34. The number of pyridine rings is 1. The molecule has 0 unspecified atom stereocenters. The third-order valence-electron chi connectivity index (χ3n) is 5.34. The van der Waals surface area contributed by atoms with Crippen molar-refractivity contribution in [3.63, 3.8) is 0 Å². The van der Waals surface area contributed by atoms with E-state index in [0.717, 1.165) is 57.9 Å². The van der Waals surface area contributed by atoms with Gasteiger partial charge in [0.1, 0.15) is 5.69 Å². The van der Waals surface area contributed by atoms with Gasteiger partial charge in [-0.05, 0) is 25.0 Å². The molecule has 0 aliphatic carbocycles. The summed E-state index contributed by atoms with van der Waals surface area (Å²) in [6, 6.07) is 4.06. The summed E-state index contributed by atoms with van der Waals surface area (Å²) in [5.74, 6) is -0.0356. The summed E-state index contributed by atoms with van der Waals surface area (Å²) in [6.07, 6.45) is 10.2. The first-order valence-corrected chi connectivity index (χ1v) is 9.04. The number of amides is 1. The second kappa shape index (κ2) is 7.37. The number of ether oxygens (including phenoxy) is 1. The molecule has 0 aromatic carbocycles. The largest absolute Gasteiger partial charge is 0.379 e. The molecule has 136 valence electrons. The number of nitrogens with zero attached hydrogens (tertiary/aromatic N) is 5. The van der Waals surface area contributed by atoms with Crippen molar-refractivity contribution in [2.75, 3.05) is 44.3 Å². The van der Waals surface area contributed by atoms with Crippen LogP contribution in [-0.4, -0.2) is 65.2 Å². The summed E-state index contributed by atoms with van der Waals surface area (Å²) >= 11 is 0. The van der Waals surface area contributed by atoms with Crippen LogP contribution in [0, 0.1) is 5.41 Å². The van der Waals surface area contributed by atoms with E-state index in [-0.39, 0.29) is 11.3 Å². The van der Waals surface area contributed by atoms with E-state index in [1.54, 1.807) is 18.6 Å². The lowest BCUT2D eigenvalue weighted by Gasteiger charge is -2.42. The fourth-order valence-electron chi connectivity index (χ4n) is 3.81. The first-order chi connectivity index (χ1) is 12.8. The van der Waals surface area contributed by atoms with Crippen molar-refractivity contribution >= 4 is 11.6 Å². The van der Waals surface area contributed by atoms with Gasteiger partial charge >= 0.3 is 0 Å². The predicted octanol–water partition coefficient (Wildman–Crippen LogP) is 1.63. The molecule has 1 spiro atoms. The van der Waals surface area contributed by atoms with Gasteiger partial charge in [0.25, 0.3) is 5.91 Å². The Labute approximate surface area is 153 Å². The van der Waals surface area contributed by atoms with Gasteiger partial charge < -0.3 is 14.5 Å². The molecule has 2 saturated heterocycles. The number of aromatic nitrogens is 3. The Balaban J connectivity index is 1.44. The maximum absolute atomic E-state index is 12.6. The van der Waals surface area contributed by atoms with Crippen LogP contribution >= 0.6 is 0 Å². The smallest absolute Gasteiger partial charge is 0.274 e. The number of rotatable bonds is 2. The quantitative estimate of drug-likeness (QED) is 0.817. The minimum absolute atomic E-state index is 0.0356. The van der Waals surface area contributed by atoms with E-state index in [0.29, 0.717) is 5.69 Å². The summed E-state index contributed by atoms with van der Waals surface area (Å²) in [4.78, 5) is 29.2. The normalized spacial score (nSPS) is 20.0. The SMILES string of the molecule is O=C(c1cnccn1)N1CCC2(CC1)COCCN(c1cccnc1)C2. The molecule has 2 aliphatic rings. The van der Waals surface area contributed by atoms with Gasteiger partial charge in [-0.2, -0.15) is 0 Å². The van der Waals surface area contributed by atoms with Crippen molar-refractivity contribution in [1.82, 2.24) is 19.9 Å². The molecule has 0 bridgehead atoms. The molecule has 0 radical (unpaired) electrons. The highest BCUT2D eigenvalue weighted by molar-refractivity contribution is 5.92. The maximum Gasteiger partial charge on any atom is 0.274 e. The van der Waals surface area contributed by atoms with Gasteiger partial charge in [-0.1, -0.05) is 0 Å². The Kier molecular flexibility index (Phi) is 4.79. The van der Waals surface area contributed by atoms with Crippen molar-refractivity contribution < 1.29 is 9.53 Å². The summed E-state index contributed by atoms with van der Waals surface area (Å²) in [5, 5.41) is 0. The molecule has 7 nitrogen and oxygen atoms in total. The van der Waals surface area contributed by atoms with Crippen molar-refractivity contribution in [2.24, 2.45) is 5.41 Å². The molecule has 7 heteroatoms. The number of hydrogen-bond acceptors (Lipinski definition) is 6. The Hall–Kier alpha value is -2.54. The summed E-state index contributed by atoms with van der Waals surface area (Å²) < 4.78 is 5.93. The lowest BCUT2D eigenvalue weighted by Crippen LogP contribution is -2.49. The molecule has 0 atom stereocenters. The van der Waals surface area contributed by atoms with E-state index in [9.17, 15) is 4.79 Å². The standard InChI is InChI=1S/C19H23N5O2/c25-18(17-13-21-6-7-22-17)23-8-3-19(4-9-23)14-24(10-11-26-15-19)16-2-1-5-20-12-16/h1-2,5-7,12-13H,3-4,8-11,14-15H2. The van der Waals surface area contributed by atoms with Crippen LogP contribution < -0.4 is 4.90 Å². The molecule has 4 rings (SSSR count). The molecule has 4 heterocycles. The highest BCUT2D eigenvalue weighted by Gasteiger charge is 2.39. The van der Waals surface area contributed by atoms with Crippen LogP contribution in [0.15, 0.2) is 43.1 Å². The average Bonchev–Trinajstić information content (AvgIpc) is 2.92. The molecular formula is C19H23N5O2. The first-order valence-electron chi connectivity index (χ1n) is 9.04. The molecule has 0 saturated carbocycles. The number of carbonyl (C=O) groups is 1. The van der Waals surface area contributed by atoms with Gasteiger partial charge in [-0.15, -0.1) is 0 Å². The third kappa shape index (κ3) is 3.53. The van der Waals surface area contributed by atoms with Crippen LogP contribution in [0.25, 0.3) is 0 Å². The topological polar surface area (TPSA) is 71.5 Å². The van der Waals surface area contributed by atoms with Crippen LogP contribution in [0.1, 0.15) is 23.3 Å². The molecule has 26 heavy (non-hydrogen) atoms. The van der Waals surface area contributed by atoms with Gasteiger partial charge in [0, 0.05) is 50.2 Å². The van der Waals surface area contributed by atoms with Crippen molar-refractivity contribution in [1.29, 1.82) is 0 Å². The second-order valence-corrected chi connectivity index (χ2v) is 7.07. The van der Waals surface area contributed by atoms with Gasteiger partial charge in [0.05, 0.1) is 31.3 Å². The molecule has 2 aliphatic heterocycles. The van der Waals surface area contributed by atoms with E-state index in [1.165, 1.54) is 6.20 Å². The highest BCUT2D eigenvalue weighted by Crippen LogP contribution is 2.36. The van der Waals surface area contributed by atoms with E-state index in [4.69, 9.17) is 4.74 Å². The van der Waals surface area contributed by atoms with Crippen LogP contribution in [0.4, 0.5) is 5.69 Å². The number of likely N-dealkylation sites (tertiary alicyclic amines) is 1. The zero-order valence-corrected chi connectivity index (χ0v) is 14.8. The highest BCUT2D eigenvalue weighted by atomic mass is 16.5. The number of hydrogen-bond donors (Lipinski definition) is 0. The van der Waals surface area contributed by atoms with Crippen molar-refractivity contribution in [3.8, 4) is 0 Å². The average molecular weight is 353 g/mol. The Morgan fingerprint density at radius 3 is 2.65 bits per heavy atom. The van der Waals surface area contributed by atoms with E-state index in [1.807, 2.05) is 17.2 Å². The predicted molar refractivity (Wildman–Crippen MR) is 96.9 cm³/mol. The monoisotopic (exact) mass is 353 g/mol. The molecule has 2 fully saturated rings. The van der Waals surface area contributed by atoms with E-state index >= 15 is 0 Å². The van der Waals surface area contributed by atoms with E-state index in [2.05, 4.69) is 25.9 Å². The Bertz CT molecular complexity index is 732. The molecule has 0 N–H and O–H groups in total. The van der Waals surface area contributed by atoms with Gasteiger partial charge in [-0.25, -0.2) is 4.98 Å². The van der Waals surface area contributed by atoms with Gasteiger partial charge in [0.2, 0.25) is 0 Å². The maximum atomic E-state index is 12.6. The van der Waals surface area contributed by atoms with Crippen molar-refractivity contribution in [3.05, 3.63) is 48.8 Å². The van der Waals surface area contributed by atoms with Crippen LogP contribution in [0.2, 0.25) is 0 Å². The number of carbonyl (C=O) groups excluding carboxylic acids is 1. The zero-order valence-electron chi connectivity index (χ0n) is 14.8. The molecule has 1 amide bonds. The Morgan fingerprint density at radius 1 is 1.08 bits per heavy atom. The first kappa shape index (κ1) is 16.9. The minimum atomic E-state index is -0.0356. The fraction of sp³-hybridized carbons (Fsp3) is 0.474. The Morgan fingerprint density at radius 2 is 1.92 bits per heavy atom. The zero-order chi connectivity index (χ0) is 17.8. The van der Waals surface area contributed by atoms with E-state index < -0.39 is 0 Å². The van der Waals surface area contributed by atoms with Gasteiger partial charge in [0.15, 0.2) is 0 Å². The lowest BCUT2D eigenvalue weighted by atomic mass is 9.78. The number of anilines is 1. The lowest BCUT2D eigenvalue weighted by molar-refractivity contribution is 0.0205. The van der Waals surface area contributed by atoms with Crippen molar-refractivity contribution in [2.45, 2.75) is 12.8 Å². The fourth-order valence-corrected chi connectivity index (χ4v) is 3.81. The summed E-state index contributed by atoms with van der Waals surface area (Å²) in [6.45, 7) is 4.72. The molecule has 2 aromatic rings. The summed E-state index contributed by atoms with van der Waals surface area (Å²) in [5.41, 5.74) is 1.62. The van der Waals surface area contributed by atoms with Crippen LogP contribution in [0.5, 0.6) is 0 Å². The van der Waals surface area contributed by atoms with Crippen LogP contribution in [-0.2, 0) is 4.74 Å². The van der Waals surface area contributed by atoms with Crippen LogP contribution in [0.3, 0.4) is 0 Å². The number of piperidine rings is 1. The second-order valence-electron chi connectivity index (χ2n) is 7.07.